The van der Waals surface area contributed by atoms with Gasteiger partial charge in [0.05, 0.1) is 12.1 Å². The molecular weight excluding hydrogens is 392 g/mol. The molecule has 1 aliphatic rings. The molecule has 3 rings (SSSR count). The number of carbonyl (C=O) groups is 1. The summed E-state index contributed by atoms with van der Waals surface area (Å²) in [7, 11) is 0. The van der Waals surface area contributed by atoms with E-state index >= 15 is 0 Å². The van der Waals surface area contributed by atoms with E-state index in [9.17, 15) is 27.5 Å². The third-order valence-corrected chi connectivity index (χ3v) is 4.69. The summed E-state index contributed by atoms with van der Waals surface area (Å²) in [5.74, 6) is -1.44. The van der Waals surface area contributed by atoms with E-state index in [1.807, 2.05) is 13.8 Å². The Morgan fingerprint density at radius 1 is 1.17 bits per heavy atom. The molecule has 0 aromatic heterocycles. The molecule has 1 heterocycles. The van der Waals surface area contributed by atoms with Crippen molar-refractivity contribution in [1.82, 2.24) is 5.01 Å². The minimum absolute atomic E-state index is 0.00720. The molecule has 0 unspecified atom stereocenters. The third-order valence-electron chi connectivity index (χ3n) is 4.69. The van der Waals surface area contributed by atoms with E-state index < -0.39 is 36.7 Å². The van der Waals surface area contributed by atoms with Gasteiger partial charge in [-0.15, -0.1) is 0 Å². The number of hydrogen-bond acceptors (Lipinski definition) is 4. The molecule has 2 aromatic rings. The van der Waals surface area contributed by atoms with Crippen molar-refractivity contribution in [3.63, 3.8) is 0 Å². The number of hydrazone groups is 1. The van der Waals surface area contributed by atoms with Crippen molar-refractivity contribution in [3.8, 4) is 5.75 Å². The van der Waals surface area contributed by atoms with Gasteiger partial charge in [0.1, 0.15) is 11.6 Å². The van der Waals surface area contributed by atoms with Gasteiger partial charge in [0.15, 0.2) is 6.61 Å². The zero-order valence-electron chi connectivity index (χ0n) is 15.6. The van der Waals surface area contributed by atoms with Crippen LogP contribution in [0.3, 0.4) is 0 Å². The van der Waals surface area contributed by atoms with Crippen LogP contribution in [0.5, 0.6) is 5.75 Å². The lowest BCUT2D eigenvalue weighted by molar-refractivity contribution is -0.302. The van der Waals surface area contributed by atoms with Gasteiger partial charge in [0.2, 0.25) is 0 Å². The Bertz CT molecular complexity index is 957. The number of benzene rings is 2. The van der Waals surface area contributed by atoms with Crippen molar-refractivity contribution in [3.05, 3.63) is 65.0 Å². The number of amides is 1. The summed E-state index contributed by atoms with van der Waals surface area (Å²) in [6.45, 7) is 2.96. The van der Waals surface area contributed by atoms with Crippen LogP contribution in [0.1, 0.15) is 23.1 Å². The Morgan fingerprint density at radius 2 is 1.83 bits per heavy atom. The molecule has 0 spiro atoms. The molecule has 1 N–H and O–H groups in total. The van der Waals surface area contributed by atoms with Gasteiger partial charge in [-0.25, -0.2) is 4.39 Å². The second-order valence-electron chi connectivity index (χ2n) is 6.79. The monoisotopic (exact) mass is 410 g/mol. The van der Waals surface area contributed by atoms with Crippen LogP contribution < -0.4 is 4.74 Å². The van der Waals surface area contributed by atoms with Crippen LogP contribution in [-0.4, -0.2) is 40.2 Å². The first-order chi connectivity index (χ1) is 13.5. The van der Waals surface area contributed by atoms with Gasteiger partial charge >= 0.3 is 6.18 Å². The Balaban J connectivity index is 1.84. The molecule has 0 aliphatic carbocycles. The van der Waals surface area contributed by atoms with Crippen LogP contribution >= 0.6 is 0 Å². The van der Waals surface area contributed by atoms with E-state index in [1.165, 1.54) is 12.1 Å². The fourth-order valence-corrected chi connectivity index (χ4v) is 2.84. The number of aliphatic hydroxyl groups is 1. The molecular formula is C20H18F4N2O3. The summed E-state index contributed by atoms with van der Waals surface area (Å²) in [6.07, 6.45) is -6.13. The van der Waals surface area contributed by atoms with Gasteiger partial charge in [-0.05, 0) is 54.8 Å². The lowest BCUT2D eigenvalue weighted by atomic mass is 10.0. The second-order valence-corrected chi connectivity index (χ2v) is 6.79. The number of nitrogens with zero attached hydrogens (tertiary/aromatic N) is 2. The summed E-state index contributed by atoms with van der Waals surface area (Å²) >= 11 is 0. The number of carbonyl (C=O) groups excluding carboxylic acids is 1. The number of alkyl halides is 3. The third kappa shape index (κ3) is 4.09. The fourth-order valence-electron chi connectivity index (χ4n) is 2.84. The highest BCUT2D eigenvalue weighted by Crippen LogP contribution is 2.41. The van der Waals surface area contributed by atoms with Crippen molar-refractivity contribution in [2.75, 3.05) is 6.61 Å². The Hall–Kier alpha value is -2.94. The van der Waals surface area contributed by atoms with Crippen LogP contribution in [0.2, 0.25) is 0 Å². The molecule has 1 amide bonds. The zero-order chi connectivity index (χ0) is 21.4. The maximum atomic E-state index is 13.6. The molecule has 29 heavy (non-hydrogen) atoms. The van der Waals surface area contributed by atoms with Gasteiger partial charge in [0.25, 0.3) is 11.6 Å². The molecule has 1 atom stereocenters. The fraction of sp³-hybridized carbons (Fsp3) is 0.300. The van der Waals surface area contributed by atoms with Crippen LogP contribution in [0.4, 0.5) is 17.6 Å². The van der Waals surface area contributed by atoms with Gasteiger partial charge in [-0.3, -0.25) is 4.79 Å². The maximum absolute atomic E-state index is 13.6. The minimum Gasteiger partial charge on any atom is -0.484 e. The first kappa shape index (κ1) is 20.8. The zero-order valence-corrected chi connectivity index (χ0v) is 15.6. The molecule has 2 aromatic carbocycles. The maximum Gasteiger partial charge on any atom is 0.438 e. The average molecular weight is 410 g/mol. The molecule has 0 radical (unpaired) electrons. The lowest BCUT2D eigenvalue weighted by Gasteiger charge is -2.32. The number of ether oxygens (including phenoxy) is 1. The highest BCUT2D eigenvalue weighted by Gasteiger charge is 2.63. The van der Waals surface area contributed by atoms with Gasteiger partial charge in [0, 0.05) is 0 Å². The van der Waals surface area contributed by atoms with Crippen molar-refractivity contribution in [2.45, 2.75) is 32.2 Å². The number of aryl methyl sites for hydroxylation is 2. The minimum atomic E-state index is -5.16. The van der Waals surface area contributed by atoms with Gasteiger partial charge in [-0.2, -0.15) is 23.3 Å². The van der Waals surface area contributed by atoms with Crippen LogP contribution in [0.15, 0.2) is 47.6 Å². The molecule has 0 saturated carbocycles. The SMILES string of the molecule is Cc1ccc(OCC(=O)N2N=C(c3ccc(F)cc3)C[C@@]2(O)C(F)(F)F)cc1C. The van der Waals surface area contributed by atoms with E-state index in [0.717, 1.165) is 23.3 Å². The quantitative estimate of drug-likeness (QED) is 0.782. The summed E-state index contributed by atoms with van der Waals surface area (Å²) in [4.78, 5) is 12.4. The summed E-state index contributed by atoms with van der Waals surface area (Å²) in [6, 6.07) is 9.55. The predicted molar refractivity (Wildman–Crippen MR) is 96.8 cm³/mol. The standard InChI is InChI=1S/C20H18F4N2O3/c1-12-3-8-16(9-13(12)2)29-11-18(27)26-19(28,20(22,23)24)10-17(25-26)14-4-6-15(21)7-5-14/h3-9,28H,10-11H2,1-2H3/t19-/m1/s1. The first-order valence-electron chi connectivity index (χ1n) is 8.67. The van der Waals surface area contributed by atoms with Crippen LogP contribution in [0.25, 0.3) is 0 Å². The van der Waals surface area contributed by atoms with E-state index in [4.69, 9.17) is 4.74 Å². The second kappa shape index (κ2) is 7.47. The number of rotatable bonds is 4. The average Bonchev–Trinajstić information content (AvgIpc) is 3.02. The van der Waals surface area contributed by atoms with E-state index in [0.29, 0.717) is 5.75 Å². The van der Waals surface area contributed by atoms with Crippen molar-refractivity contribution < 1.29 is 32.2 Å². The number of hydrogen-bond donors (Lipinski definition) is 1. The highest BCUT2D eigenvalue weighted by molar-refractivity contribution is 6.03. The van der Waals surface area contributed by atoms with Crippen molar-refractivity contribution in [1.29, 1.82) is 0 Å². The topological polar surface area (TPSA) is 62.1 Å². The molecule has 0 bridgehead atoms. The number of halogens is 4. The molecule has 154 valence electrons. The van der Waals surface area contributed by atoms with Gasteiger partial charge < -0.3 is 9.84 Å². The molecule has 0 fully saturated rings. The summed E-state index contributed by atoms with van der Waals surface area (Å²) in [5.41, 5.74) is -1.66. The molecule has 1 aliphatic heterocycles. The lowest BCUT2D eigenvalue weighted by Crippen LogP contribution is -2.57. The van der Waals surface area contributed by atoms with Crippen LogP contribution in [-0.2, 0) is 4.79 Å². The highest BCUT2D eigenvalue weighted by atomic mass is 19.4. The smallest absolute Gasteiger partial charge is 0.438 e. The summed E-state index contributed by atoms with van der Waals surface area (Å²) in [5, 5.41) is 13.9. The van der Waals surface area contributed by atoms with E-state index in [1.54, 1.807) is 18.2 Å². The van der Waals surface area contributed by atoms with Crippen molar-refractivity contribution in [2.24, 2.45) is 5.10 Å². The molecule has 0 saturated heterocycles. The molecule has 5 nitrogen and oxygen atoms in total. The normalized spacial score (nSPS) is 19.3. The van der Waals surface area contributed by atoms with Crippen LogP contribution in [0, 0.1) is 19.7 Å². The van der Waals surface area contributed by atoms with Gasteiger partial charge in [-0.1, -0.05) is 18.2 Å². The largest absolute Gasteiger partial charge is 0.484 e. The first-order valence-corrected chi connectivity index (χ1v) is 8.67. The molecule has 9 heteroatoms. The van der Waals surface area contributed by atoms with Crippen molar-refractivity contribution >= 4 is 11.6 Å². The Kier molecular flexibility index (Phi) is 5.36. The van der Waals surface area contributed by atoms with E-state index in [2.05, 4.69) is 5.10 Å². The Labute approximate surface area is 164 Å². The summed E-state index contributed by atoms with van der Waals surface area (Å²) < 4.78 is 59.0. The Morgan fingerprint density at radius 3 is 2.41 bits per heavy atom. The predicted octanol–water partition coefficient (Wildman–Crippen LogP) is 3.71. The van der Waals surface area contributed by atoms with E-state index in [-0.39, 0.29) is 16.3 Å².